The normalized spacial score (nSPS) is 12.5. The highest BCUT2D eigenvalue weighted by Crippen LogP contribution is 2.43. The molecule has 4 rings (SSSR count). The van der Waals surface area contributed by atoms with Crippen LogP contribution in [0.25, 0.3) is 22.4 Å². The summed E-state index contributed by atoms with van der Waals surface area (Å²) in [6, 6.07) is 24.7. The Morgan fingerprint density at radius 3 is 2.07 bits per heavy atom. The number of methoxy groups -OCH3 is 2. The number of ether oxygens (including phenoxy) is 2. The summed E-state index contributed by atoms with van der Waals surface area (Å²) in [7, 11) is 3.09. The molecule has 2 atom stereocenters. The molecule has 0 unspecified atom stereocenters. The van der Waals surface area contributed by atoms with Crippen molar-refractivity contribution >= 4 is 17.6 Å². The van der Waals surface area contributed by atoms with E-state index in [0.717, 1.165) is 28.1 Å². The molecule has 1 aromatic heterocycles. The van der Waals surface area contributed by atoms with Gasteiger partial charge in [-0.25, -0.2) is 0 Å². The number of aliphatic carboxylic acids is 1. The average molecular weight is 601 g/mol. The summed E-state index contributed by atoms with van der Waals surface area (Å²) in [5.41, 5.74) is 5.11. The van der Waals surface area contributed by atoms with Gasteiger partial charge >= 0.3 is 5.97 Å². The molecule has 1 amide bonds. The number of aromatic nitrogens is 1. The summed E-state index contributed by atoms with van der Waals surface area (Å²) in [4.78, 5) is 25.4. The minimum absolute atomic E-state index is 0.0681. The fraction of sp³-hybridized carbons (Fsp3) is 0.314. The van der Waals surface area contributed by atoms with E-state index in [4.69, 9.17) is 14.6 Å². The first kappa shape index (κ1) is 32.3. The van der Waals surface area contributed by atoms with Crippen LogP contribution in [0.1, 0.15) is 55.1 Å². The van der Waals surface area contributed by atoms with E-state index < -0.39 is 24.6 Å². The van der Waals surface area contributed by atoms with E-state index in [9.17, 15) is 19.8 Å². The average Bonchev–Trinajstić information content (AvgIpc) is 3.36. The van der Waals surface area contributed by atoms with Crippen molar-refractivity contribution in [3.63, 3.8) is 0 Å². The zero-order chi connectivity index (χ0) is 31.8. The van der Waals surface area contributed by atoms with Crippen LogP contribution < -0.4 is 14.8 Å². The van der Waals surface area contributed by atoms with Crippen molar-refractivity contribution in [2.45, 2.75) is 57.8 Å². The summed E-state index contributed by atoms with van der Waals surface area (Å²) < 4.78 is 13.0. The predicted molar refractivity (Wildman–Crippen MR) is 170 cm³/mol. The Morgan fingerprint density at radius 2 is 1.50 bits per heavy atom. The minimum Gasteiger partial charge on any atom is -0.497 e. The molecule has 4 N–H and O–H groups in total. The van der Waals surface area contributed by atoms with Gasteiger partial charge in [0.2, 0.25) is 0 Å². The molecule has 232 valence electrons. The summed E-state index contributed by atoms with van der Waals surface area (Å²) in [5, 5.41) is 33.0. The van der Waals surface area contributed by atoms with E-state index in [1.807, 2.05) is 74.5 Å². The van der Waals surface area contributed by atoms with Gasteiger partial charge in [-0.1, -0.05) is 74.5 Å². The van der Waals surface area contributed by atoms with Gasteiger partial charge in [0.1, 0.15) is 11.5 Å². The van der Waals surface area contributed by atoms with E-state index in [2.05, 4.69) is 9.88 Å². The van der Waals surface area contributed by atoms with Gasteiger partial charge in [0.15, 0.2) is 0 Å². The summed E-state index contributed by atoms with van der Waals surface area (Å²) in [6.45, 7) is 4.37. The highest BCUT2D eigenvalue weighted by molar-refractivity contribution is 6.13. The number of rotatable bonds is 14. The van der Waals surface area contributed by atoms with Gasteiger partial charge in [0.25, 0.3) is 5.91 Å². The van der Waals surface area contributed by atoms with Gasteiger partial charge in [-0.2, -0.15) is 0 Å². The van der Waals surface area contributed by atoms with E-state index in [1.165, 1.54) is 7.11 Å². The molecule has 0 saturated heterocycles. The van der Waals surface area contributed by atoms with Crippen LogP contribution in [0.3, 0.4) is 0 Å². The second-order valence-electron chi connectivity index (χ2n) is 11.0. The van der Waals surface area contributed by atoms with Crippen molar-refractivity contribution in [1.29, 1.82) is 0 Å². The molecule has 0 bridgehead atoms. The minimum atomic E-state index is -1.16. The number of carboxylic acid groups (broad SMARTS) is 1. The molecule has 0 aliphatic carbocycles. The number of hydrogen-bond acceptors (Lipinski definition) is 6. The zero-order valence-corrected chi connectivity index (χ0v) is 25.5. The topological polar surface area (TPSA) is 130 Å². The molecule has 4 aromatic rings. The van der Waals surface area contributed by atoms with E-state index in [0.29, 0.717) is 29.3 Å². The maximum atomic E-state index is 14.4. The maximum Gasteiger partial charge on any atom is 0.305 e. The van der Waals surface area contributed by atoms with Crippen LogP contribution in [0.5, 0.6) is 11.5 Å². The Morgan fingerprint density at radius 1 is 0.864 bits per heavy atom. The first-order valence-corrected chi connectivity index (χ1v) is 14.6. The van der Waals surface area contributed by atoms with Crippen LogP contribution in [-0.4, -0.2) is 58.2 Å². The molecule has 9 heteroatoms. The fourth-order valence-electron chi connectivity index (χ4n) is 5.56. The lowest BCUT2D eigenvalue weighted by Crippen LogP contribution is -2.22. The Hall–Kier alpha value is -4.60. The van der Waals surface area contributed by atoms with Crippen molar-refractivity contribution in [1.82, 2.24) is 4.57 Å². The number of amides is 1. The summed E-state index contributed by atoms with van der Waals surface area (Å²) in [5.74, 6) is -0.485. The maximum absolute atomic E-state index is 14.4. The molecular weight excluding hydrogens is 560 g/mol. The van der Waals surface area contributed by atoms with Crippen LogP contribution >= 0.6 is 0 Å². The van der Waals surface area contributed by atoms with Crippen molar-refractivity contribution in [3.8, 4) is 33.9 Å². The molecule has 0 fully saturated rings. The highest BCUT2D eigenvalue weighted by Gasteiger charge is 2.31. The fourth-order valence-corrected chi connectivity index (χ4v) is 5.56. The van der Waals surface area contributed by atoms with Crippen LogP contribution in [0.2, 0.25) is 0 Å². The highest BCUT2D eigenvalue weighted by atomic mass is 16.5. The quantitative estimate of drug-likeness (QED) is 0.136. The Bertz CT molecular complexity index is 1570. The number of aliphatic hydroxyl groups is 2. The number of nitrogens with zero attached hydrogens (tertiary/aromatic N) is 1. The number of benzene rings is 3. The second kappa shape index (κ2) is 14.7. The number of carbonyl (C=O) groups excluding carboxylic acids is 1. The lowest BCUT2D eigenvalue weighted by Gasteiger charge is -2.20. The van der Waals surface area contributed by atoms with Crippen LogP contribution in [0.4, 0.5) is 5.69 Å². The van der Waals surface area contributed by atoms with Crippen molar-refractivity contribution in [2.75, 3.05) is 19.5 Å². The van der Waals surface area contributed by atoms with Crippen LogP contribution in [0.15, 0.2) is 78.9 Å². The van der Waals surface area contributed by atoms with E-state index in [1.54, 1.807) is 25.3 Å². The molecule has 0 aliphatic heterocycles. The first-order chi connectivity index (χ1) is 21.1. The van der Waals surface area contributed by atoms with Crippen molar-refractivity contribution < 1.29 is 34.4 Å². The lowest BCUT2D eigenvalue weighted by molar-refractivity contribution is -0.139. The third-order valence-electron chi connectivity index (χ3n) is 7.48. The smallest absolute Gasteiger partial charge is 0.305 e. The Kier molecular flexibility index (Phi) is 10.8. The Balaban J connectivity index is 1.89. The first-order valence-electron chi connectivity index (χ1n) is 14.6. The van der Waals surface area contributed by atoms with Crippen LogP contribution in [0, 0.1) is 0 Å². The third-order valence-corrected chi connectivity index (χ3v) is 7.48. The van der Waals surface area contributed by atoms with Gasteiger partial charge in [0.05, 0.1) is 49.8 Å². The van der Waals surface area contributed by atoms with Gasteiger partial charge in [-0.15, -0.1) is 0 Å². The molecule has 44 heavy (non-hydrogen) atoms. The number of anilines is 1. The summed E-state index contributed by atoms with van der Waals surface area (Å²) in [6.07, 6.45) is -2.37. The molecule has 0 radical (unpaired) electrons. The number of carbonyl (C=O) groups is 2. The standard InChI is InChI=1S/C35H40N2O7/c1-22(2)33-32(35(42)36-28-16-15-27(43-3)21-29(28)44-4)31(23-11-7-5-8-12-23)34(24-13-9-6-10-14-24)37(33)18-17-25(38)19-26(39)20-30(40)41/h5-16,21-22,25-26,38-39H,17-20H2,1-4H3,(H,36,42)(H,40,41)/t25-,26-/m1/s1. The van der Waals surface area contributed by atoms with Gasteiger partial charge < -0.3 is 34.7 Å². The number of carboxylic acids is 1. The lowest BCUT2D eigenvalue weighted by atomic mass is 9.94. The molecule has 0 aliphatic rings. The molecule has 0 saturated carbocycles. The summed E-state index contributed by atoms with van der Waals surface area (Å²) >= 11 is 0. The van der Waals surface area contributed by atoms with Crippen molar-refractivity contribution in [2.24, 2.45) is 0 Å². The van der Waals surface area contributed by atoms with Crippen LogP contribution in [-0.2, 0) is 11.3 Å². The second-order valence-corrected chi connectivity index (χ2v) is 11.0. The molecule has 9 nitrogen and oxygen atoms in total. The number of hydrogen-bond donors (Lipinski definition) is 4. The zero-order valence-electron chi connectivity index (χ0n) is 25.5. The molecule has 3 aromatic carbocycles. The monoisotopic (exact) mass is 600 g/mol. The van der Waals surface area contributed by atoms with Gasteiger partial charge in [-0.05, 0) is 42.0 Å². The molecular formula is C35H40N2O7. The molecule has 1 heterocycles. The van der Waals surface area contributed by atoms with E-state index >= 15 is 0 Å². The van der Waals surface area contributed by atoms with Gasteiger partial charge in [-0.3, -0.25) is 9.59 Å². The van der Waals surface area contributed by atoms with E-state index in [-0.39, 0.29) is 24.7 Å². The number of aliphatic hydroxyl groups excluding tert-OH is 2. The Labute approximate surface area is 257 Å². The third kappa shape index (κ3) is 7.48. The predicted octanol–water partition coefficient (Wildman–Crippen LogP) is 6.19. The largest absolute Gasteiger partial charge is 0.497 e. The van der Waals surface area contributed by atoms with Gasteiger partial charge in [0, 0.05) is 23.9 Å². The SMILES string of the molecule is COc1ccc(NC(=O)c2c(-c3ccccc3)c(-c3ccccc3)n(CC[C@@H](O)C[C@@H](O)CC(=O)O)c2C(C)C)c(OC)c1. The number of nitrogens with one attached hydrogen (secondary N) is 1. The van der Waals surface area contributed by atoms with Crippen molar-refractivity contribution in [3.05, 3.63) is 90.1 Å². The molecule has 0 spiro atoms.